The zero-order chi connectivity index (χ0) is 12.7. The molecule has 0 saturated carbocycles. The number of aliphatic imine (C=N–C) groups is 1. The second-order valence-electron chi connectivity index (χ2n) is 4.19. The number of carbonyl (C=O) groups is 2. The molecule has 2 aromatic carbocycles. The molecule has 88 valence electrons. The van der Waals surface area contributed by atoms with Gasteiger partial charge in [0.2, 0.25) is 0 Å². The van der Waals surface area contributed by atoms with Gasteiger partial charge in [0, 0.05) is 23.6 Å². The number of carbonyl (C=O) groups excluding carboxylic acids is 2. The molecule has 0 bridgehead atoms. The van der Waals surface area contributed by atoms with Crippen LogP contribution >= 0.6 is 0 Å². The Morgan fingerprint density at radius 1 is 1.06 bits per heavy atom. The number of benzene rings is 2. The van der Waals surface area contributed by atoms with Gasteiger partial charge in [-0.25, -0.2) is 4.99 Å². The van der Waals surface area contributed by atoms with Crippen LogP contribution in [-0.2, 0) is 0 Å². The Labute approximate surface area is 104 Å². The molecule has 4 heteroatoms. The van der Waals surface area contributed by atoms with E-state index in [0.29, 0.717) is 11.1 Å². The molecule has 0 N–H and O–H groups in total. The summed E-state index contributed by atoms with van der Waals surface area (Å²) in [4.78, 5) is 28.3. The van der Waals surface area contributed by atoms with E-state index in [0.717, 1.165) is 34.7 Å². The summed E-state index contributed by atoms with van der Waals surface area (Å²) < 4.78 is 0. The summed E-state index contributed by atoms with van der Waals surface area (Å²) in [6, 6.07) is 7.08. The van der Waals surface area contributed by atoms with Crippen LogP contribution in [0.25, 0.3) is 10.8 Å². The van der Waals surface area contributed by atoms with Gasteiger partial charge in [-0.2, -0.15) is 0 Å². The number of aldehydes is 2. The van der Waals surface area contributed by atoms with Gasteiger partial charge in [0.15, 0.2) is 12.6 Å². The van der Waals surface area contributed by atoms with E-state index in [1.807, 2.05) is 7.05 Å². The van der Waals surface area contributed by atoms with Crippen molar-refractivity contribution in [2.24, 2.45) is 4.99 Å². The summed E-state index contributed by atoms with van der Waals surface area (Å²) in [6.45, 7) is 0. The van der Waals surface area contributed by atoms with Crippen LogP contribution in [-0.4, -0.2) is 26.0 Å². The third-order valence-corrected chi connectivity index (χ3v) is 3.17. The molecule has 0 atom stereocenters. The molecule has 3 rings (SSSR count). The summed E-state index contributed by atoms with van der Waals surface area (Å²) in [6.07, 6.45) is 3.31. The molecule has 4 nitrogen and oxygen atoms in total. The van der Waals surface area contributed by atoms with Gasteiger partial charge in [0.05, 0.1) is 17.7 Å². The fourth-order valence-corrected chi connectivity index (χ4v) is 2.34. The van der Waals surface area contributed by atoms with Crippen LogP contribution in [0.5, 0.6) is 0 Å². The predicted molar refractivity (Wildman–Crippen MR) is 71.3 cm³/mol. The molecule has 0 fully saturated rings. The van der Waals surface area contributed by atoms with Crippen molar-refractivity contribution in [3.05, 3.63) is 35.4 Å². The highest BCUT2D eigenvalue weighted by molar-refractivity contribution is 6.17. The first kappa shape index (κ1) is 10.7. The summed E-state index contributed by atoms with van der Waals surface area (Å²) in [5.41, 5.74) is 2.79. The third kappa shape index (κ3) is 1.29. The molecule has 18 heavy (non-hydrogen) atoms. The maximum Gasteiger partial charge on any atom is 0.152 e. The molecule has 1 aliphatic heterocycles. The summed E-state index contributed by atoms with van der Waals surface area (Å²) in [5, 5.41) is 1.68. The molecule has 2 aromatic rings. The first-order valence-electron chi connectivity index (χ1n) is 5.53. The molecule has 1 heterocycles. The van der Waals surface area contributed by atoms with Crippen LogP contribution in [0.2, 0.25) is 0 Å². The minimum Gasteiger partial charge on any atom is -0.334 e. The fourth-order valence-electron chi connectivity index (χ4n) is 2.34. The Kier molecular flexibility index (Phi) is 2.23. The van der Waals surface area contributed by atoms with Crippen LogP contribution in [0, 0.1) is 0 Å². The second-order valence-corrected chi connectivity index (χ2v) is 4.19. The van der Waals surface area contributed by atoms with Gasteiger partial charge in [-0.15, -0.1) is 0 Å². The predicted octanol–water partition coefficient (Wildman–Crippen LogP) is 2.57. The Bertz CT molecular complexity index is 704. The third-order valence-electron chi connectivity index (χ3n) is 3.17. The lowest BCUT2D eigenvalue weighted by molar-refractivity contribution is 0.111. The van der Waals surface area contributed by atoms with Gasteiger partial charge in [0.25, 0.3) is 0 Å². The molecule has 0 aromatic heterocycles. The Hall–Kier alpha value is -2.49. The van der Waals surface area contributed by atoms with Crippen molar-refractivity contribution < 1.29 is 9.59 Å². The molecule has 0 aliphatic carbocycles. The van der Waals surface area contributed by atoms with Gasteiger partial charge in [-0.1, -0.05) is 6.07 Å². The number of nitrogens with zero attached hydrogens (tertiary/aromatic N) is 2. The number of hydrogen-bond donors (Lipinski definition) is 0. The van der Waals surface area contributed by atoms with E-state index in [1.165, 1.54) is 0 Å². The number of hydrogen-bond acceptors (Lipinski definition) is 4. The van der Waals surface area contributed by atoms with Crippen molar-refractivity contribution in [2.45, 2.75) is 0 Å². The van der Waals surface area contributed by atoms with Gasteiger partial charge >= 0.3 is 0 Å². The summed E-state index contributed by atoms with van der Waals surface area (Å²) in [7, 11) is 1.84. The highest BCUT2D eigenvalue weighted by atomic mass is 16.1. The molecular weight excluding hydrogens is 228 g/mol. The lowest BCUT2D eigenvalue weighted by Crippen LogP contribution is -2.18. The van der Waals surface area contributed by atoms with Gasteiger partial charge in [-0.3, -0.25) is 9.59 Å². The average Bonchev–Trinajstić information content (AvgIpc) is 2.42. The number of rotatable bonds is 2. The average molecular weight is 238 g/mol. The highest BCUT2D eigenvalue weighted by Crippen LogP contribution is 2.39. The van der Waals surface area contributed by atoms with Crippen molar-refractivity contribution in [2.75, 3.05) is 11.9 Å². The maximum atomic E-state index is 11.1. The molecule has 0 unspecified atom stereocenters. The van der Waals surface area contributed by atoms with E-state index in [2.05, 4.69) is 4.99 Å². The van der Waals surface area contributed by atoms with E-state index in [9.17, 15) is 9.59 Å². The highest BCUT2D eigenvalue weighted by Gasteiger charge is 2.18. The van der Waals surface area contributed by atoms with Gasteiger partial charge < -0.3 is 4.90 Å². The monoisotopic (exact) mass is 238 g/mol. The van der Waals surface area contributed by atoms with Crippen molar-refractivity contribution in [3.8, 4) is 0 Å². The number of anilines is 1. The van der Waals surface area contributed by atoms with Crippen LogP contribution in [0.3, 0.4) is 0 Å². The van der Waals surface area contributed by atoms with Crippen molar-refractivity contribution in [1.29, 1.82) is 0 Å². The summed E-state index contributed by atoms with van der Waals surface area (Å²) >= 11 is 0. The fraction of sp³-hybridized carbons (Fsp3) is 0.0714. The van der Waals surface area contributed by atoms with E-state index in [-0.39, 0.29) is 0 Å². The Morgan fingerprint density at radius 2 is 1.78 bits per heavy atom. The SMILES string of the molecule is CN1C=Nc2ccc(C=O)c3ccc(C=O)c1c23. The van der Waals surface area contributed by atoms with Crippen LogP contribution in [0.4, 0.5) is 11.4 Å². The first-order valence-corrected chi connectivity index (χ1v) is 5.53. The lowest BCUT2D eigenvalue weighted by Gasteiger charge is -2.23. The first-order chi connectivity index (χ1) is 8.76. The standard InChI is InChI=1S/C14H10N2O2/c1-16-8-15-12-5-3-9(6-17)11-4-2-10(7-18)14(16)13(11)12/h2-8H,1H3. The smallest absolute Gasteiger partial charge is 0.152 e. The van der Waals surface area contributed by atoms with E-state index in [1.54, 1.807) is 35.5 Å². The van der Waals surface area contributed by atoms with E-state index in [4.69, 9.17) is 0 Å². The Morgan fingerprint density at radius 3 is 2.50 bits per heavy atom. The van der Waals surface area contributed by atoms with E-state index >= 15 is 0 Å². The molecule has 0 saturated heterocycles. The molecule has 0 amide bonds. The Balaban J connectivity index is 2.54. The van der Waals surface area contributed by atoms with Crippen LogP contribution in [0.1, 0.15) is 20.7 Å². The quantitative estimate of drug-likeness (QED) is 0.755. The molecule has 0 spiro atoms. The van der Waals surface area contributed by atoms with Gasteiger partial charge in [-0.05, 0) is 23.6 Å². The zero-order valence-corrected chi connectivity index (χ0v) is 9.75. The maximum absolute atomic E-state index is 11.1. The topological polar surface area (TPSA) is 49.7 Å². The zero-order valence-electron chi connectivity index (χ0n) is 9.75. The largest absolute Gasteiger partial charge is 0.334 e. The normalized spacial score (nSPS) is 12.8. The van der Waals surface area contributed by atoms with Crippen LogP contribution in [0.15, 0.2) is 29.3 Å². The second kappa shape index (κ2) is 3.77. The van der Waals surface area contributed by atoms with Crippen molar-refractivity contribution >= 4 is 41.1 Å². The minimum absolute atomic E-state index is 0.598. The molecule has 0 radical (unpaired) electrons. The summed E-state index contributed by atoms with van der Waals surface area (Å²) in [5.74, 6) is 0. The molecule has 1 aliphatic rings. The van der Waals surface area contributed by atoms with Gasteiger partial charge in [0.1, 0.15) is 0 Å². The minimum atomic E-state index is 0.598. The van der Waals surface area contributed by atoms with Crippen LogP contribution < -0.4 is 4.90 Å². The van der Waals surface area contributed by atoms with Crippen molar-refractivity contribution in [1.82, 2.24) is 0 Å². The molecular formula is C14H10N2O2. The lowest BCUT2D eigenvalue weighted by atomic mass is 9.98. The van der Waals surface area contributed by atoms with Crippen molar-refractivity contribution in [3.63, 3.8) is 0 Å². The van der Waals surface area contributed by atoms with E-state index < -0.39 is 0 Å².